The van der Waals surface area contributed by atoms with Crippen LogP contribution in [0.1, 0.15) is 35.5 Å². The van der Waals surface area contributed by atoms with Crippen LogP contribution in [0.4, 0.5) is 0 Å². The third-order valence-corrected chi connectivity index (χ3v) is 4.79. The van der Waals surface area contributed by atoms with Crippen molar-refractivity contribution >= 4 is 11.3 Å². The first-order valence-electron chi connectivity index (χ1n) is 7.25. The van der Waals surface area contributed by atoms with Crippen LogP contribution in [0.5, 0.6) is 11.5 Å². The van der Waals surface area contributed by atoms with Crippen molar-refractivity contribution < 1.29 is 14.6 Å². The van der Waals surface area contributed by atoms with Crippen LogP contribution in [0.2, 0.25) is 0 Å². The van der Waals surface area contributed by atoms with Gasteiger partial charge in [0.2, 0.25) is 0 Å². The minimum Gasteiger partial charge on any atom is -0.496 e. The van der Waals surface area contributed by atoms with Crippen LogP contribution in [-0.2, 0) is 12.8 Å². The molecule has 21 heavy (non-hydrogen) atoms. The highest BCUT2D eigenvalue weighted by molar-refractivity contribution is 7.09. The summed E-state index contributed by atoms with van der Waals surface area (Å²) >= 11 is 1.72. The number of aryl methyl sites for hydroxylation is 1. The lowest BCUT2D eigenvalue weighted by Gasteiger charge is -2.16. The van der Waals surface area contributed by atoms with E-state index in [0.29, 0.717) is 6.42 Å². The van der Waals surface area contributed by atoms with Crippen LogP contribution in [0.25, 0.3) is 0 Å². The van der Waals surface area contributed by atoms with Gasteiger partial charge in [-0.1, -0.05) is 6.07 Å². The molecule has 0 saturated carbocycles. The monoisotopic (exact) mass is 304 g/mol. The zero-order valence-electron chi connectivity index (χ0n) is 12.3. The number of aliphatic hydroxyl groups excluding tert-OH is 1. The maximum Gasteiger partial charge on any atom is 0.125 e. The van der Waals surface area contributed by atoms with Gasteiger partial charge in [-0.15, -0.1) is 11.3 Å². The Hall–Kier alpha value is -1.52. The summed E-state index contributed by atoms with van der Waals surface area (Å²) in [6.45, 7) is 2.05. The minimum atomic E-state index is -0.535. The Labute approximate surface area is 129 Å². The molecule has 4 heteroatoms. The fraction of sp³-hybridized carbons (Fsp3) is 0.412. The Balaban J connectivity index is 1.78. The molecule has 1 aromatic heterocycles. The number of benzene rings is 1. The van der Waals surface area contributed by atoms with E-state index in [2.05, 4.69) is 18.4 Å². The van der Waals surface area contributed by atoms with Crippen LogP contribution in [0.15, 0.2) is 29.6 Å². The molecule has 1 aliphatic heterocycles. The van der Waals surface area contributed by atoms with E-state index in [9.17, 15) is 5.11 Å². The molecule has 0 saturated heterocycles. The standard InChI is InChI=1S/C17H20O3S/c1-11-8-12-9-17(19-2)14(10-16(12)20-11)15(18)6-5-13-4-3-7-21-13/h3-4,7,9-11,15,18H,5-6,8H2,1-2H3. The highest BCUT2D eigenvalue weighted by atomic mass is 32.1. The second-order valence-electron chi connectivity index (χ2n) is 5.47. The molecule has 2 unspecified atom stereocenters. The van der Waals surface area contributed by atoms with E-state index in [1.54, 1.807) is 18.4 Å². The highest BCUT2D eigenvalue weighted by Crippen LogP contribution is 2.38. The molecule has 0 spiro atoms. The van der Waals surface area contributed by atoms with Crippen LogP contribution in [0, 0.1) is 0 Å². The quantitative estimate of drug-likeness (QED) is 0.914. The van der Waals surface area contributed by atoms with Crippen molar-refractivity contribution in [1.82, 2.24) is 0 Å². The van der Waals surface area contributed by atoms with Crippen molar-refractivity contribution in [2.45, 2.75) is 38.4 Å². The number of fused-ring (bicyclic) bond motifs is 1. The van der Waals surface area contributed by atoms with Crippen molar-refractivity contribution in [2.24, 2.45) is 0 Å². The molecular formula is C17H20O3S. The zero-order valence-corrected chi connectivity index (χ0v) is 13.2. The van der Waals surface area contributed by atoms with Crippen LogP contribution in [-0.4, -0.2) is 18.3 Å². The molecule has 1 aliphatic rings. The second kappa shape index (κ2) is 6.08. The summed E-state index contributed by atoms with van der Waals surface area (Å²) in [5, 5.41) is 12.6. The second-order valence-corrected chi connectivity index (χ2v) is 6.50. The van der Waals surface area contributed by atoms with E-state index in [4.69, 9.17) is 9.47 Å². The van der Waals surface area contributed by atoms with Crippen molar-refractivity contribution in [2.75, 3.05) is 7.11 Å². The first-order chi connectivity index (χ1) is 10.2. The lowest BCUT2D eigenvalue weighted by molar-refractivity contribution is 0.163. The summed E-state index contributed by atoms with van der Waals surface area (Å²) < 4.78 is 11.2. The molecule has 0 amide bonds. The van der Waals surface area contributed by atoms with Crippen molar-refractivity contribution in [3.05, 3.63) is 45.6 Å². The molecule has 1 aromatic carbocycles. The Morgan fingerprint density at radius 2 is 2.33 bits per heavy atom. The van der Waals surface area contributed by atoms with Gasteiger partial charge in [-0.25, -0.2) is 0 Å². The third kappa shape index (κ3) is 3.06. The number of thiophene rings is 1. The fourth-order valence-corrected chi connectivity index (χ4v) is 3.51. The van der Waals surface area contributed by atoms with Gasteiger partial charge in [0.1, 0.15) is 17.6 Å². The van der Waals surface area contributed by atoms with Gasteiger partial charge < -0.3 is 14.6 Å². The predicted octanol–water partition coefficient (Wildman–Crippen LogP) is 3.75. The molecule has 112 valence electrons. The lowest BCUT2D eigenvalue weighted by atomic mass is 10.00. The average molecular weight is 304 g/mol. The molecule has 0 radical (unpaired) electrons. The van der Waals surface area contributed by atoms with Crippen molar-refractivity contribution in [1.29, 1.82) is 0 Å². The number of hydrogen-bond acceptors (Lipinski definition) is 4. The normalized spacial score (nSPS) is 18.1. The topological polar surface area (TPSA) is 38.7 Å². The zero-order chi connectivity index (χ0) is 14.8. The first kappa shape index (κ1) is 14.4. The minimum absolute atomic E-state index is 0.197. The Morgan fingerprint density at radius 3 is 3.05 bits per heavy atom. The molecule has 0 aliphatic carbocycles. The molecule has 3 rings (SSSR count). The van der Waals surface area contributed by atoms with E-state index in [-0.39, 0.29) is 6.10 Å². The van der Waals surface area contributed by atoms with E-state index in [1.807, 2.05) is 18.2 Å². The molecule has 0 fully saturated rings. The van der Waals surface area contributed by atoms with Gasteiger partial charge in [0.25, 0.3) is 0 Å². The summed E-state index contributed by atoms with van der Waals surface area (Å²) in [4.78, 5) is 1.29. The number of rotatable bonds is 5. The SMILES string of the molecule is COc1cc2c(cc1C(O)CCc1cccs1)OC(C)C2. The van der Waals surface area contributed by atoms with E-state index < -0.39 is 6.10 Å². The summed E-state index contributed by atoms with van der Waals surface area (Å²) in [7, 11) is 1.65. The van der Waals surface area contributed by atoms with Gasteiger partial charge in [-0.3, -0.25) is 0 Å². The smallest absolute Gasteiger partial charge is 0.125 e. The number of aliphatic hydroxyl groups is 1. The van der Waals surface area contributed by atoms with Crippen molar-refractivity contribution in [3.8, 4) is 11.5 Å². The van der Waals surface area contributed by atoms with Gasteiger partial charge >= 0.3 is 0 Å². The Morgan fingerprint density at radius 1 is 1.48 bits per heavy atom. The summed E-state index contributed by atoms with van der Waals surface area (Å²) in [5.74, 6) is 1.64. The molecule has 2 heterocycles. The maximum absolute atomic E-state index is 10.5. The van der Waals surface area contributed by atoms with Gasteiger partial charge in [0.05, 0.1) is 13.2 Å². The number of methoxy groups -OCH3 is 1. The third-order valence-electron chi connectivity index (χ3n) is 3.85. The molecule has 2 atom stereocenters. The molecule has 3 nitrogen and oxygen atoms in total. The first-order valence-corrected chi connectivity index (χ1v) is 8.13. The molecular weight excluding hydrogens is 284 g/mol. The fourth-order valence-electron chi connectivity index (χ4n) is 2.78. The van der Waals surface area contributed by atoms with Gasteiger partial charge in [0.15, 0.2) is 0 Å². The van der Waals surface area contributed by atoms with E-state index >= 15 is 0 Å². The van der Waals surface area contributed by atoms with Crippen LogP contribution >= 0.6 is 11.3 Å². The van der Waals surface area contributed by atoms with Crippen molar-refractivity contribution in [3.63, 3.8) is 0 Å². The van der Waals surface area contributed by atoms with Gasteiger partial charge in [-0.05, 0) is 43.3 Å². The average Bonchev–Trinajstić information content (AvgIpc) is 3.10. The maximum atomic E-state index is 10.5. The van der Waals surface area contributed by atoms with E-state index in [1.165, 1.54) is 4.88 Å². The van der Waals surface area contributed by atoms with Crippen LogP contribution in [0.3, 0.4) is 0 Å². The number of ether oxygens (including phenoxy) is 2. The van der Waals surface area contributed by atoms with Gasteiger partial charge in [0, 0.05) is 22.4 Å². The summed E-state index contributed by atoms with van der Waals surface area (Å²) in [6.07, 6.45) is 2.12. The largest absolute Gasteiger partial charge is 0.496 e. The Kier molecular flexibility index (Phi) is 4.17. The van der Waals surface area contributed by atoms with Crippen LogP contribution < -0.4 is 9.47 Å². The molecule has 0 bridgehead atoms. The lowest BCUT2D eigenvalue weighted by Crippen LogP contribution is -2.05. The Bertz CT molecular complexity index is 607. The van der Waals surface area contributed by atoms with E-state index in [0.717, 1.165) is 35.5 Å². The molecule has 2 aromatic rings. The highest BCUT2D eigenvalue weighted by Gasteiger charge is 2.24. The predicted molar refractivity (Wildman–Crippen MR) is 84.4 cm³/mol. The summed E-state index contributed by atoms with van der Waals surface area (Å²) in [5.41, 5.74) is 1.98. The summed E-state index contributed by atoms with van der Waals surface area (Å²) in [6, 6.07) is 8.08. The number of hydrogen-bond donors (Lipinski definition) is 1. The molecule has 1 N–H and O–H groups in total. The van der Waals surface area contributed by atoms with Gasteiger partial charge in [-0.2, -0.15) is 0 Å².